The van der Waals surface area contributed by atoms with Crippen LogP contribution < -0.4 is 10.6 Å². The van der Waals surface area contributed by atoms with Gasteiger partial charge in [0.1, 0.15) is 0 Å². The predicted octanol–water partition coefficient (Wildman–Crippen LogP) is 1.60. The Morgan fingerprint density at radius 2 is 1.88 bits per heavy atom. The van der Waals surface area contributed by atoms with Gasteiger partial charge in [0.25, 0.3) is 11.8 Å². The molecule has 2 fully saturated rings. The van der Waals surface area contributed by atoms with Crippen LogP contribution in [0.4, 0.5) is 0 Å². The number of benzene rings is 1. The molecule has 2 heterocycles. The second-order valence-electron chi connectivity index (χ2n) is 7.29. The first-order valence-electron chi connectivity index (χ1n) is 9.08. The van der Waals surface area contributed by atoms with Gasteiger partial charge in [0, 0.05) is 19.6 Å². The van der Waals surface area contributed by atoms with Gasteiger partial charge in [0.15, 0.2) is 0 Å². The number of rotatable bonds is 4. The summed E-state index contributed by atoms with van der Waals surface area (Å²) in [6, 6.07) is 6.85. The molecule has 0 radical (unpaired) electrons. The van der Waals surface area contributed by atoms with Crippen molar-refractivity contribution in [2.75, 3.05) is 26.2 Å². The molecule has 0 spiro atoms. The number of amides is 3. The van der Waals surface area contributed by atoms with Gasteiger partial charge in [-0.25, -0.2) is 0 Å². The molecule has 1 saturated carbocycles. The lowest BCUT2D eigenvalue weighted by molar-refractivity contribution is -0.134. The largest absolute Gasteiger partial charge is 0.354 e. The SMILES string of the molecule is Cl.O=C1c2ccccc2C(=O)N1CCNC(=O)[C@@]12CCCC[C@H]1CNC2. The van der Waals surface area contributed by atoms with Crippen LogP contribution in [0, 0.1) is 11.3 Å². The fraction of sp³-hybridized carbons (Fsp3) is 0.526. The minimum Gasteiger partial charge on any atom is -0.354 e. The average molecular weight is 378 g/mol. The molecule has 4 rings (SSSR count). The molecule has 0 bridgehead atoms. The number of fused-ring (bicyclic) bond motifs is 2. The van der Waals surface area contributed by atoms with E-state index in [9.17, 15) is 14.4 Å². The number of nitrogens with one attached hydrogen (secondary N) is 2. The van der Waals surface area contributed by atoms with Crippen LogP contribution in [0.15, 0.2) is 24.3 Å². The van der Waals surface area contributed by atoms with Crippen molar-refractivity contribution in [2.45, 2.75) is 25.7 Å². The van der Waals surface area contributed by atoms with Gasteiger partial charge in [-0.15, -0.1) is 12.4 Å². The molecule has 26 heavy (non-hydrogen) atoms. The van der Waals surface area contributed by atoms with E-state index in [0.717, 1.165) is 32.4 Å². The van der Waals surface area contributed by atoms with Gasteiger partial charge < -0.3 is 10.6 Å². The summed E-state index contributed by atoms with van der Waals surface area (Å²) in [5.74, 6) is -0.0726. The van der Waals surface area contributed by atoms with Crippen molar-refractivity contribution in [3.05, 3.63) is 35.4 Å². The maximum Gasteiger partial charge on any atom is 0.261 e. The van der Waals surface area contributed by atoms with Crippen LogP contribution in [-0.4, -0.2) is 48.8 Å². The first kappa shape index (κ1) is 18.9. The Hall–Kier alpha value is -1.92. The molecule has 1 aliphatic carbocycles. The zero-order valence-corrected chi connectivity index (χ0v) is 15.4. The van der Waals surface area contributed by atoms with E-state index in [2.05, 4.69) is 10.6 Å². The quantitative estimate of drug-likeness (QED) is 0.781. The minimum absolute atomic E-state index is 0. The highest BCUT2D eigenvalue weighted by Gasteiger charge is 2.49. The lowest BCUT2D eigenvalue weighted by atomic mass is 9.67. The highest BCUT2D eigenvalue weighted by molar-refractivity contribution is 6.21. The van der Waals surface area contributed by atoms with Crippen molar-refractivity contribution < 1.29 is 14.4 Å². The molecular weight excluding hydrogens is 354 g/mol. The third-order valence-corrected chi connectivity index (χ3v) is 5.99. The van der Waals surface area contributed by atoms with Gasteiger partial charge in [-0.1, -0.05) is 25.0 Å². The van der Waals surface area contributed by atoms with E-state index < -0.39 is 0 Å². The monoisotopic (exact) mass is 377 g/mol. The van der Waals surface area contributed by atoms with E-state index in [-0.39, 0.29) is 42.1 Å². The summed E-state index contributed by atoms with van der Waals surface area (Å²) in [4.78, 5) is 38.7. The van der Waals surface area contributed by atoms with Crippen molar-refractivity contribution in [3.8, 4) is 0 Å². The average Bonchev–Trinajstić information content (AvgIpc) is 3.18. The topological polar surface area (TPSA) is 78.5 Å². The van der Waals surface area contributed by atoms with Gasteiger partial charge in [0.05, 0.1) is 16.5 Å². The van der Waals surface area contributed by atoms with Crippen molar-refractivity contribution >= 4 is 30.1 Å². The number of nitrogens with zero attached hydrogens (tertiary/aromatic N) is 1. The molecule has 140 valence electrons. The minimum atomic E-state index is -0.305. The number of halogens is 1. The third-order valence-electron chi connectivity index (χ3n) is 5.99. The summed E-state index contributed by atoms with van der Waals surface area (Å²) in [5, 5.41) is 6.35. The van der Waals surface area contributed by atoms with E-state index in [1.165, 1.54) is 11.3 Å². The maximum atomic E-state index is 12.8. The number of hydrogen-bond donors (Lipinski definition) is 2. The number of imide groups is 1. The molecule has 1 aromatic carbocycles. The van der Waals surface area contributed by atoms with Crippen LogP contribution in [0.1, 0.15) is 46.4 Å². The van der Waals surface area contributed by atoms with Gasteiger partial charge in [-0.05, 0) is 37.4 Å². The summed E-state index contributed by atoms with van der Waals surface area (Å²) in [6.07, 6.45) is 4.29. The number of carbonyl (C=O) groups excluding carboxylic acids is 3. The van der Waals surface area contributed by atoms with E-state index in [1.54, 1.807) is 24.3 Å². The summed E-state index contributed by atoms with van der Waals surface area (Å²) < 4.78 is 0. The molecule has 6 nitrogen and oxygen atoms in total. The second-order valence-corrected chi connectivity index (χ2v) is 7.29. The first-order chi connectivity index (χ1) is 12.1. The molecule has 3 amide bonds. The van der Waals surface area contributed by atoms with Crippen LogP contribution >= 0.6 is 12.4 Å². The zero-order chi connectivity index (χ0) is 17.4. The Balaban J connectivity index is 0.00000196. The van der Waals surface area contributed by atoms with Crippen molar-refractivity contribution in [2.24, 2.45) is 11.3 Å². The Morgan fingerprint density at radius 3 is 2.58 bits per heavy atom. The van der Waals surface area contributed by atoms with E-state index in [0.29, 0.717) is 23.6 Å². The molecule has 2 N–H and O–H groups in total. The second kappa shape index (κ2) is 7.37. The Kier molecular flexibility index (Phi) is 5.34. The van der Waals surface area contributed by atoms with Gasteiger partial charge in [-0.2, -0.15) is 0 Å². The number of carbonyl (C=O) groups is 3. The highest BCUT2D eigenvalue weighted by atomic mass is 35.5. The molecular formula is C19H24ClN3O3. The van der Waals surface area contributed by atoms with Gasteiger partial charge in [0.2, 0.25) is 5.91 Å². The Bertz CT molecular complexity index is 703. The van der Waals surface area contributed by atoms with Crippen LogP contribution in [-0.2, 0) is 4.79 Å². The molecule has 2 atom stereocenters. The molecule has 3 aliphatic rings. The van der Waals surface area contributed by atoms with Crippen molar-refractivity contribution in [1.29, 1.82) is 0 Å². The molecule has 1 saturated heterocycles. The van der Waals surface area contributed by atoms with E-state index in [1.807, 2.05) is 0 Å². The molecule has 0 aromatic heterocycles. The van der Waals surface area contributed by atoms with Crippen LogP contribution in [0.25, 0.3) is 0 Å². The Labute approximate surface area is 159 Å². The fourth-order valence-corrected chi connectivity index (χ4v) is 4.59. The molecule has 0 unspecified atom stereocenters. The Morgan fingerprint density at radius 1 is 1.19 bits per heavy atom. The maximum absolute atomic E-state index is 12.8. The van der Waals surface area contributed by atoms with E-state index >= 15 is 0 Å². The summed E-state index contributed by atoms with van der Waals surface area (Å²) in [6.45, 7) is 2.16. The van der Waals surface area contributed by atoms with Crippen molar-refractivity contribution in [3.63, 3.8) is 0 Å². The van der Waals surface area contributed by atoms with Gasteiger partial charge in [-0.3, -0.25) is 19.3 Å². The van der Waals surface area contributed by atoms with Crippen LogP contribution in [0.5, 0.6) is 0 Å². The molecule has 2 aliphatic heterocycles. The first-order valence-corrected chi connectivity index (χ1v) is 9.08. The molecule has 1 aromatic rings. The normalized spacial score (nSPS) is 26.9. The summed E-state index contributed by atoms with van der Waals surface area (Å²) in [7, 11) is 0. The lowest BCUT2D eigenvalue weighted by Gasteiger charge is -2.37. The fourth-order valence-electron chi connectivity index (χ4n) is 4.59. The zero-order valence-electron chi connectivity index (χ0n) is 14.6. The van der Waals surface area contributed by atoms with Gasteiger partial charge >= 0.3 is 0 Å². The molecule has 7 heteroatoms. The van der Waals surface area contributed by atoms with Crippen molar-refractivity contribution in [1.82, 2.24) is 15.5 Å². The van der Waals surface area contributed by atoms with Crippen LogP contribution in [0.3, 0.4) is 0 Å². The predicted molar refractivity (Wildman–Crippen MR) is 99.3 cm³/mol. The highest BCUT2D eigenvalue weighted by Crippen LogP contribution is 2.43. The smallest absolute Gasteiger partial charge is 0.261 e. The van der Waals surface area contributed by atoms with Crippen LogP contribution in [0.2, 0.25) is 0 Å². The van der Waals surface area contributed by atoms with E-state index in [4.69, 9.17) is 0 Å². The third kappa shape index (κ3) is 2.91. The number of hydrogen-bond acceptors (Lipinski definition) is 4. The standard InChI is InChI=1S/C19H23N3O3.ClH/c23-16-14-6-1-2-7-15(14)17(24)22(16)10-9-21-18(25)19-8-4-3-5-13(19)11-20-12-19;/h1-2,6-7,13,20H,3-5,8-12H2,(H,21,25);1H/t13-,19+;/m0./s1. The lowest BCUT2D eigenvalue weighted by Crippen LogP contribution is -2.49. The summed E-state index contributed by atoms with van der Waals surface area (Å²) in [5.41, 5.74) is 0.592. The summed E-state index contributed by atoms with van der Waals surface area (Å²) >= 11 is 0.